The van der Waals surface area contributed by atoms with Gasteiger partial charge in [0.25, 0.3) is 0 Å². The average Bonchev–Trinajstić information content (AvgIpc) is 1.89. The van der Waals surface area contributed by atoms with E-state index >= 15 is 0 Å². The molecule has 0 fully saturated rings. The van der Waals surface area contributed by atoms with Gasteiger partial charge in [-0.25, -0.2) is 0 Å². The maximum atomic E-state index is 6.59. The van der Waals surface area contributed by atoms with Crippen molar-refractivity contribution >= 4 is 6.21 Å². The molecular formula is C7H10N2. The minimum Gasteiger partial charge on any atom is -0.405 e. The quantitative estimate of drug-likeness (QED) is 0.429. The van der Waals surface area contributed by atoms with Gasteiger partial charge in [0.1, 0.15) is 0 Å². The van der Waals surface area contributed by atoms with Crippen molar-refractivity contribution in [2.24, 2.45) is 5.73 Å². The van der Waals surface area contributed by atoms with E-state index in [9.17, 15) is 0 Å². The lowest BCUT2D eigenvalue weighted by molar-refractivity contribution is 1.58. The summed E-state index contributed by atoms with van der Waals surface area (Å²) in [5.74, 6) is 0. The van der Waals surface area contributed by atoms with E-state index in [0.29, 0.717) is 0 Å². The van der Waals surface area contributed by atoms with Crippen LogP contribution >= 0.6 is 0 Å². The van der Waals surface area contributed by atoms with Crippen LogP contribution in [0.25, 0.3) is 0 Å². The molecular weight excluding hydrogens is 112 g/mol. The second kappa shape index (κ2) is 6.69. The Labute approximate surface area is 54.9 Å². The molecule has 0 radical (unpaired) electrons. The number of hydrogen-bond donors (Lipinski definition) is 2. The van der Waals surface area contributed by atoms with Crippen LogP contribution in [0.2, 0.25) is 0 Å². The topological polar surface area (TPSA) is 49.9 Å². The third-order valence-electron chi connectivity index (χ3n) is 0.652. The highest BCUT2D eigenvalue weighted by Crippen LogP contribution is 1.75. The number of nitrogens with two attached hydrogens (primary N) is 1. The average molecular weight is 122 g/mol. The maximum Gasteiger partial charge on any atom is 0.0177 e. The normalized spacial score (nSPS) is 12.0. The molecule has 0 atom stereocenters. The fourth-order valence-electron chi connectivity index (χ4n) is 0.312. The van der Waals surface area contributed by atoms with Crippen LogP contribution in [0, 0.1) is 5.41 Å². The molecule has 0 aliphatic rings. The van der Waals surface area contributed by atoms with E-state index in [1.54, 1.807) is 30.4 Å². The summed E-state index contributed by atoms with van der Waals surface area (Å²) in [7, 11) is 0. The van der Waals surface area contributed by atoms with Gasteiger partial charge in [-0.15, -0.1) is 0 Å². The van der Waals surface area contributed by atoms with E-state index in [1.807, 2.05) is 0 Å². The van der Waals surface area contributed by atoms with Gasteiger partial charge in [0, 0.05) is 6.21 Å². The van der Waals surface area contributed by atoms with E-state index in [1.165, 1.54) is 12.4 Å². The van der Waals surface area contributed by atoms with Gasteiger partial charge in [0.2, 0.25) is 0 Å². The summed E-state index contributed by atoms with van der Waals surface area (Å²) in [6.45, 7) is 0. The van der Waals surface area contributed by atoms with Crippen LogP contribution in [0.1, 0.15) is 0 Å². The lowest BCUT2D eigenvalue weighted by Gasteiger charge is -1.69. The van der Waals surface area contributed by atoms with Crippen molar-refractivity contribution in [2.45, 2.75) is 0 Å². The molecule has 9 heavy (non-hydrogen) atoms. The van der Waals surface area contributed by atoms with E-state index in [0.717, 1.165) is 0 Å². The molecule has 0 aromatic carbocycles. The summed E-state index contributed by atoms with van der Waals surface area (Å²) in [5, 5.41) is 6.59. The summed E-state index contributed by atoms with van der Waals surface area (Å²) in [6.07, 6.45) is 11.4. The molecule has 0 heterocycles. The number of nitrogens with one attached hydrogen (secondary N) is 1. The minimum absolute atomic E-state index is 1.22. The zero-order valence-corrected chi connectivity index (χ0v) is 5.12. The van der Waals surface area contributed by atoms with Crippen molar-refractivity contribution in [2.75, 3.05) is 0 Å². The predicted molar refractivity (Wildman–Crippen MR) is 40.4 cm³/mol. The second-order valence-electron chi connectivity index (χ2n) is 1.32. The van der Waals surface area contributed by atoms with Gasteiger partial charge in [-0.2, -0.15) is 0 Å². The zero-order valence-electron chi connectivity index (χ0n) is 5.12. The molecule has 2 nitrogen and oxygen atoms in total. The fraction of sp³-hybridized carbons (Fsp3) is 0. The Kier molecular flexibility index (Phi) is 5.72. The molecule has 0 spiro atoms. The summed E-state index contributed by atoms with van der Waals surface area (Å²) in [5.41, 5.74) is 5.04. The van der Waals surface area contributed by atoms with Crippen LogP contribution < -0.4 is 5.73 Å². The molecule has 0 saturated carbocycles. The minimum atomic E-state index is 1.22. The molecule has 0 aromatic heterocycles. The highest BCUT2D eigenvalue weighted by atomic mass is 14.5. The van der Waals surface area contributed by atoms with Crippen molar-refractivity contribution in [1.29, 1.82) is 5.41 Å². The first-order valence-corrected chi connectivity index (χ1v) is 2.62. The SMILES string of the molecule is N=C/C=C/C=C/C=C/N. The number of hydrogen-bond acceptors (Lipinski definition) is 2. The Bertz CT molecular complexity index is 143. The van der Waals surface area contributed by atoms with Gasteiger partial charge in [0.15, 0.2) is 0 Å². The van der Waals surface area contributed by atoms with Gasteiger partial charge in [-0.05, 0) is 18.4 Å². The lowest BCUT2D eigenvalue weighted by atomic mass is 10.4. The smallest absolute Gasteiger partial charge is 0.0177 e. The van der Waals surface area contributed by atoms with Gasteiger partial charge in [0.05, 0.1) is 0 Å². The molecule has 3 N–H and O–H groups in total. The van der Waals surface area contributed by atoms with E-state index < -0.39 is 0 Å². The third kappa shape index (κ3) is 6.69. The van der Waals surface area contributed by atoms with Crippen LogP contribution in [0.4, 0.5) is 0 Å². The van der Waals surface area contributed by atoms with Crippen molar-refractivity contribution in [3.8, 4) is 0 Å². The Balaban J connectivity index is 3.46. The molecule has 0 bridgehead atoms. The van der Waals surface area contributed by atoms with Gasteiger partial charge in [-0.1, -0.05) is 18.2 Å². The largest absolute Gasteiger partial charge is 0.405 e. The summed E-state index contributed by atoms with van der Waals surface area (Å²) in [6, 6.07) is 0. The number of rotatable bonds is 3. The molecule has 2 heteroatoms. The van der Waals surface area contributed by atoms with Crippen molar-refractivity contribution < 1.29 is 0 Å². The van der Waals surface area contributed by atoms with Gasteiger partial charge >= 0.3 is 0 Å². The first kappa shape index (κ1) is 7.69. The molecule has 0 unspecified atom stereocenters. The third-order valence-corrected chi connectivity index (χ3v) is 0.652. The monoisotopic (exact) mass is 122 g/mol. The van der Waals surface area contributed by atoms with E-state index in [4.69, 9.17) is 11.1 Å². The Morgan fingerprint density at radius 3 is 2.00 bits per heavy atom. The summed E-state index contributed by atoms with van der Waals surface area (Å²) in [4.78, 5) is 0. The van der Waals surface area contributed by atoms with Crippen LogP contribution in [-0.4, -0.2) is 6.21 Å². The summed E-state index contributed by atoms with van der Waals surface area (Å²) >= 11 is 0. The van der Waals surface area contributed by atoms with Crippen LogP contribution in [0.5, 0.6) is 0 Å². The second-order valence-corrected chi connectivity index (χ2v) is 1.32. The van der Waals surface area contributed by atoms with E-state index in [2.05, 4.69) is 0 Å². The fourth-order valence-corrected chi connectivity index (χ4v) is 0.312. The maximum absolute atomic E-state index is 6.59. The van der Waals surface area contributed by atoms with Gasteiger partial charge < -0.3 is 11.1 Å². The molecule has 0 amide bonds. The van der Waals surface area contributed by atoms with Crippen molar-refractivity contribution in [1.82, 2.24) is 0 Å². The first-order valence-electron chi connectivity index (χ1n) is 2.62. The Morgan fingerprint density at radius 2 is 1.44 bits per heavy atom. The number of allylic oxidation sites excluding steroid dienone is 5. The molecule has 0 aromatic rings. The first-order chi connectivity index (χ1) is 4.41. The van der Waals surface area contributed by atoms with Crippen LogP contribution in [0.3, 0.4) is 0 Å². The molecule has 0 aliphatic carbocycles. The Hall–Kier alpha value is -1.31. The standard InChI is InChI=1S/C7H10N2/c8-6-4-2-1-3-5-7-9/h1-8H,9H2/b3-1+,4-2+,7-5+,8-6?. The van der Waals surface area contributed by atoms with Crippen molar-refractivity contribution in [3.63, 3.8) is 0 Å². The van der Waals surface area contributed by atoms with Gasteiger partial charge in [-0.3, -0.25) is 0 Å². The molecule has 0 rings (SSSR count). The highest BCUT2D eigenvalue weighted by molar-refractivity contribution is 5.68. The summed E-state index contributed by atoms with van der Waals surface area (Å²) < 4.78 is 0. The Morgan fingerprint density at radius 1 is 0.889 bits per heavy atom. The van der Waals surface area contributed by atoms with E-state index in [-0.39, 0.29) is 0 Å². The molecule has 0 saturated heterocycles. The van der Waals surface area contributed by atoms with Crippen molar-refractivity contribution in [3.05, 3.63) is 36.6 Å². The van der Waals surface area contributed by atoms with Crippen LogP contribution in [0.15, 0.2) is 36.6 Å². The molecule has 0 aliphatic heterocycles. The zero-order chi connectivity index (χ0) is 6.95. The molecule has 48 valence electrons. The van der Waals surface area contributed by atoms with Crippen LogP contribution in [-0.2, 0) is 0 Å². The predicted octanol–water partition coefficient (Wildman–Crippen LogP) is 1.22. The lowest BCUT2D eigenvalue weighted by Crippen LogP contribution is -1.71. The highest BCUT2D eigenvalue weighted by Gasteiger charge is 1.57.